The van der Waals surface area contributed by atoms with Gasteiger partial charge in [0, 0.05) is 11.3 Å². The minimum atomic E-state index is -0.318. The number of aromatic hydroxyl groups is 1. The third kappa shape index (κ3) is 1.98. The topological polar surface area (TPSA) is 46.5 Å². The average Bonchev–Trinajstić information content (AvgIpc) is 2.44. The van der Waals surface area contributed by atoms with E-state index in [0.29, 0.717) is 12.0 Å². The SMILES string of the molecule is COC(=O)c1cccc2c1Cc1cccc(O)c1S2. The van der Waals surface area contributed by atoms with E-state index < -0.39 is 0 Å². The Morgan fingerprint density at radius 2 is 2.05 bits per heavy atom. The van der Waals surface area contributed by atoms with Crippen LogP contribution in [-0.2, 0) is 11.2 Å². The molecule has 2 aromatic carbocycles. The van der Waals surface area contributed by atoms with E-state index in [1.54, 1.807) is 12.1 Å². The first kappa shape index (κ1) is 12.1. The van der Waals surface area contributed by atoms with Gasteiger partial charge in [0.2, 0.25) is 0 Å². The summed E-state index contributed by atoms with van der Waals surface area (Å²) in [4.78, 5) is 13.7. The molecule has 4 heteroatoms. The van der Waals surface area contributed by atoms with Crippen molar-refractivity contribution in [2.75, 3.05) is 7.11 Å². The molecule has 0 radical (unpaired) electrons. The van der Waals surface area contributed by atoms with Crippen LogP contribution in [0, 0.1) is 0 Å². The Balaban J connectivity index is 2.12. The van der Waals surface area contributed by atoms with Gasteiger partial charge in [-0.3, -0.25) is 0 Å². The largest absolute Gasteiger partial charge is 0.507 e. The monoisotopic (exact) mass is 272 g/mol. The molecule has 0 saturated heterocycles. The third-order valence-corrected chi connectivity index (χ3v) is 4.47. The molecule has 1 aliphatic rings. The zero-order chi connectivity index (χ0) is 13.4. The minimum absolute atomic E-state index is 0.289. The molecule has 0 atom stereocenters. The number of fused-ring (bicyclic) bond motifs is 2. The maximum atomic E-state index is 11.8. The number of esters is 1. The lowest BCUT2D eigenvalue weighted by atomic mass is 9.99. The highest BCUT2D eigenvalue weighted by Crippen LogP contribution is 2.44. The minimum Gasteiger partial charge on any atom is -0.507 e. The number of benzene rings is 2. The molecule has 0 amide bonds. The quantitative estimate of drug-likeness (QED) is 0.691. The molecular formula is C15H12O3S. The number of ether oxygens (including phenoxy) is 1. The van der Waals surface area contributed by atoms with Gasteiger partial charge in [-0.15, -0.1) is 0 Å². The Hall–Kier alpha value is -1.94. The summed E-state index contributed by atoms with van der Waals surface area (Å²) in [7, 11) is 1.39. The molecule has 0 saturated carbocycles. The summed E-state index contributed by atoms with van der Waals surface area (Å²) in [6.07, 6.45) is 0.636. The van der Waals surface area contributed by atoms with Crippen molar-refractivity contribution in [3.05, 3.63) is 53.1 Å². The molecule has 0 spiro atoms. The molecule has 3 rings (SSSR count). The number of phenolic OH excluding ortho intramolecular Hbond substituents is 1. The molecule has 1 N–H and O–H groups in total. The molecule has 1 heterocycles. The fourth-order valence-corrected chi connectivity index (χ4v) is 3.39. The van der Waals surface area contributed by atoms with E-state index in [1.165, 1.54) is 18.9 Å². The molecule has 1 aliphatic heterocycles. The predicted molar refractivity (Wildman–Crippen MR) is 72.8 cm³/mol. The number of hydrogen-bond donors (Lipinski definition) is 1. The summed E-state index contributed by atoms with van der Waals surface area (Å²) >= 11 is 1.49. The Kier molecular flexibility index (Phi) is 2.95. The third-order valence-electron chi connectivity index (χ3n) is 3.19. The van der Waals surface area contributed by atoms with Gasteiger partial charge < -0.3 is 9.84 Å². The smallest absolute Gasteiger partial charge is 0.338 e. The first-order chi connectivity index (χ1) is 9.20. The lowest BCUT2D eigenvalue weighted by Crippen LogP contribution is -2.10. The fraction of sp³-hybridized carbons (Fsp3) is 0.133. The summed E-state index contributed by atoms with van der Waals surface area (Å²) in [6.45, 7) is 0. The van der Waals surface area contributed by atoms with E-state index in [4.69, 9.17) is 4.74 Å². The summed E-state index contributed by atoms with van der Waals surface area (Å²) in [5, 5.41) is 9.89. The highest BCUT2D eigenvalue weighted by atomic mass is 32.2. The van der Waals surface area contributed by atoms with Crippen molar-refractivity contribution in [2.45, 2.75) is 16.2 Å². The van der Waals surface area contributed by atoms with Gasteiger partial charge in [-0.05, 0) is 29.3 Å². The van der Waals surface area contributed by atoms with E-state index in [0.717, 1.165) is 20.9 Å². The van der Waals surface area contributed by atoms with Gasteiger partial charge in [0.05, 0.1) is 17.6 Å². The molecule has 0 fully saturated rings. The van der Waals surface area contributed by atoms with Gasteiger partial charge in [-0.1, -0.05) is 30.0 Å². The summed E-state index contributed by atoms with van der Waals surface area (Å²) in [6, 6.07) is 11.0. The number of hydrogen-bond acceptors (Lipinski definition) is 4. The molecule has 2 aromatic rings. The molecule has 0 aliphatic carbocycles. The van der Waals surface area contributed by atoms with Gasteiger partial charge in [0.15, 0.2) is 0 Å². The zero-order valence-corrected chi connectivity index (χ0v) is 11.2. The van der Waals surface area contributed by atoms with Gasteiger partial charge in [-0.25, -0.2) is 4.79 Å². The molecule has 19 heavy (non-hydrogen) atoms. The summed E-state index contributed by atoms with van der Waals surface area (Å²) < 4.78 is 4.82. The van der Waals surface area contributed by atoms with Gasteiger partial charge in [-0.2, -0.15) is 0 Å². The maximum absolute atomic E-state index is 11.8. The fourth-order valence-electron chi connectivity index (χ4n) is 2.27. The second-order valence-electron chi connectivity index (χ2n) is 4.32. The number of rotatable bonds is 1. The Morgan fingerprint density at radius 3 is 2.84 bits per heavy atom. The lowest BCUT2D eigenvalue weighted by molar-refractivity contribution is 0.0599. The van der Waals surface area contributed by atoms with Crippen LogP contribution in [0.2, 0.25) is 0 Å². The van der Waals surface area contributed by atoms with Gasteiger partial charge in [0.25, 0.3) is 0 Å². The molecule has 0 unspecified atom stereocenters. The number of methoxy groups -OCH3 is 1. The number of phenols is 1. The molecule has 0 aromatic heterocycles. The van der Waals surface area contributed by atoms with Crippen LogP contribution in [0.5, 0.6) is 5.75 Å². The highest BCUT2D eigenvalue weighted by molar-refractivity contribution is 7.99. The van der Waals surface area contributed by atoms with Crippen molar-refractivity contribution < 1.29 is 14.6 Å². The molecule has 0 bridgehead atoms. The maximum Gasteiger partial charge on any atom is 0.338 e. The van der Waals surface area contributed by atoms with Crippen molar-refractivity contribution in [2.24, 2.45) is 0 Å². The first-order valence-electron chi connectivity index (χ1n) is 5.89. The zero-order valence-electron chi connectivity index (χ0n) is 10.3. The van der Waals surface area contributed by atoms with Crippen LogP contribution in [0.4, 0.5) is 0 Å². The van der Waals surface area contributed by atoms with Crippen LogP contribution in [0.1, 0.15) is 21.5 Å². The lowest BCUT2D eigenvalue weighted by Gasteiger charge is -2.21. The predicted octanol–water partition coefficient (Wildman–Crippen LogP) is 3.23. The Labute approximate surface area is 115 Å². The van der Waals surface area contributed by atoms with Crippen LogP contribution >= 0.6 is 11.8 Å². The van der Waals surface area contributed by atoms with Crippen LogP contribution in [0.25, 0.3) is 0 Å². The average molecular weight is 272 g/mol. The Morgan fingerprint density at radius 1 is 1.26 bits per heavy atom. The standard InChI is InChI=1S/C15H12O3S/c1-18-15(17)10-5-3-7-13-11(10)8-9-4-2-6-12(16)14(9)19-13/h2-7,16H,8H2,1H3. The highest BCUT2D eigenvalue weighted by Gasteiger charge is 2.23. The van der Waals surface area contributed by atoms with E-state index in [2.05, 4.69) is 0 Å². The summed E-state index contributed by atoms with van der Waals surface area (Å²) in [5.41, 5.74) is 2.60. The van der Waals surface area contributed by atoms with Crippen LogP contribution in [0.15, 0.2) is 46.2 Å². The van der Waals surface area contributed by atoms with Crippen LogP contribution in [0.3, 0.4) is 0 Å². The molecule has 96 valence electrons. The van der Waals surface area contributed by atoms with Crippen LogP contribution in [-0.4, -0.2) is 18.2 Å². The van der Waals surface area contributed by atoms with Gasteiger partial charge in [0.1, 0.15) is 5.75 Å². The van der Waals surface area contributed by atoms with Crippen molar-refractivity contribution in [3.63, 3.8) is 0 Å². The first-order valence-corrected chi connectivity index (χ1v) is 6.71. The second kappa shape index (κ2) is 4.63. The molecule has 3 nitrogen and oxygen atoms in total. The van der Waals surface area contributed by atoms with Crippen molar-refractivity contribution in [3.8, 4) is 5.75 Å². The summed E-state index contributed by atoms with van der Waals surface area (Å²) in [5.74, 6) is -0.0299. The van der Waals surface area contributed by atoms with E-state index in [9.17, 15) is 9.90 Å². The Bertz CT molecular complexity index is 664. The van der Waals surface area contributed by atoms with Crippen LogP contribution < -0.4 is 0 Å². The number of carbonyl (C=O) groups excluding carboxylic acids is 1. The normalized spacial score (nSPS) is 12.5. The van der Waals surface area contributed by atoms with Crippen molar-refractivity contribution in [1.29, 1.82) is 0 Å². The second-order valence-corrected chi connectivity index (χ2v) is 5.37. The van der Waals surface area contributed by atoms with E-state index in [1.807, 2.05) is 24.3 Å². The van der Waals surface area contributed by atoms with Gasteiger partial charge >= 0.3 is 5.97 Å². The van der Waals surface area contributed by atoms with E-state index >= 15 is 0 Å². The van der Waals surface area contributed by atoms with Crippen molar-refractivity contribution in [1.82, 2.24) is 0 Å². The number of carbonyl (C=O) groups is 1. The van der Waals surface area contributed by atoms with Crippen molar-refractivity contribution >= 4 is 17.7 Å². The molecular weight excluding hydrogens is 260 g/mol. The van der Waals surface area contributed by atoms with E-state index in [-0.39, 0.29) is 11.7 Å².